The Hall–Kier alpha value is -1.30. The molecular formula is C21H31IN4O2S2. The van der Waals surface area contributed by atoms with Crippen molar-refractivity contribution in [1.82, 2.24) is 14.9 Å². The first-order chi connectivity index (χ1) is 13.9. The molecule has 0 aromatic heterocycles. The first-order valence-electron chi connectivity index (χ1n) is 9.48. The van der Waals surface area contributed by atoms with Gasteiger partial charge in [-0.05, 0) is 49.1 Å². The third-order valence-electron chi connectivity index (χ3n) is 4.35. The summed E-state index contributed by atoms with van der Waals surface area (Å²) in [7, 11) is 0.151. The fraction of sp³-hybridized carbons (Fsp3) is 0.381. The molecule has 0 aliphatic heterocycles. The van der Waals surface area contributed by atoms with Crippen LogP contribution >= 0.6 is 35.7 Å². The summed E-state index contributed by atoms with van der Waals surface area (Å²) in [4.78, 5) is 8.07. The number of nitrogens with one attached hydrogen (secondary N) is 2. The number of nitrogens with zero attached hydrogens (tertiary/aromatic N) is 2. The largest absolute Gasteiger partial charge is 0.357 e. The Morgan fingerprint density at radius 3 is 2.37 bits per heavy atom. The Bertz CT molecular complexity index is 919. The second-order valence-electron chi connectivity index (χ2n) is 6.66. The Morgan fingerprint density at radius 2 is 1.77 bits per heavy atom. The first-order valence-corrected chi connectivity index (χ1v) is 12.4. The second-order valence-corrected chi connectivity index (χ2v) is 9.46. The van der Waals surface area contributed by atoms with Gasteiger partial charge in [0.05, 0.1) is 12.3 Å². The van der Waals surface area contributed by atoms with E-state index in [2.05, 4.69) is 45.5 Å². The van der Waals surface area contributed by atoms with Crippen LogP contribution in [0.15, 0.2) is 58.4 Å². The molecule has 0 aliphatic rings. The lowest BCUT2D eigenvalue weighted by Gasteiger charge is -2.22. The lowest BCUT2D eigenvalue weighted by molar-refractivity contribution is 0.476. The molecule has 0 fully saturated rings. The first kappa shape index (κ1) is 26.7. The Morgan fingerprint density at radius 1 is 1.10 bits per heavy atom. The fourth-order valence-electron chi connectivity index (χ4n) is 2.82. The summed E-state index contributed by atoms with van der Waals surface area (Å²) in [5.41, 5.74) is 2.94. The predicted molar refractivity (Wildman–Crippen MR) is 138 cm³/mol. The van der Waals surface area contributed by atoms with Gasteiger partial charge in [0.15, 0.2) is 5.96 Å². The molecule has 0 atom stereocenters. The Labute approximate surface area is 202 Å². The minimum absolute atomic E-state index is 0. The Balaban J connectivity index is 0.00000450. The van der Waals surface area contributed by atoms with E-state index in [0.717, 1.165) is 30.2 Å². The standard InChI is InChI=1S/C21H30N4O2S2.HI/c1-5-23-21(25(3)15-17-9-11-20(28-4)12-10-17)24-14-18-7-6-8-19(13-18)16-29(26,27)22-2;/h6-13,22H,5,14-16H2,1-4H3,(H,23,24);1H. The molecule has 0 heterocycles. The van der Waals surface area contributed by atoms with Crippen molar-refractivity contribution in [2.45, 2.75) is 30.7 Å². The van der Waals surface area contributed by atoms with E-state index in [1.54, 1.807) is 11.8 Å². The highest BCUT2D eigenvalue weighted by molar-refractivity contribution is 14.0. The van der Waals surface area contributed by atoms with Gasteiger partial charge in [-0.3, -0.25) is 0 Å². The van der Waals surface area contributed by atoms with Crippen LogP contribution in [-0.4, -0.2) is 46.2 Å². The van der Waals surface area contributed by atoms with Crippen LogP contribution in [0.1, 0.15) is 23.6 Å². The van der Waals surface area contributed by atoms with Gasteiger partial charge < -0.3 is 10.2 Å². The van der Waals surface area contributed by atoms with E-state index in [4.69, 9.17) is 4.99 Å². The van der Waals surface area contributed by atoms with E-state index in [0.29, 0.717) is 6.54 Å². The maximum absolute atomic E-state index is 11.8. The van der Waals surface area contributed by atoms with E-state index in [1.807, 2.05) is 38.2 Å². The van der Waals surface area contributed by atoms with Crippen molar-refractivity contribution in [3.8, 4) is 0 Å². The highest BCUT2D eigenvalue weighted by Crippen LogP contribution is 2.16. The van der Waals surface area contributed by atoms with Crippen LogP contribution in [-0.2, 0) is 28.9 Å². The minimum Gasteiger partial charge on any atom is -0.357 e. The molecule has 9 heteroatoms. The summed E-state index contributed by atoms with van der Waals surface area (Å²) in [6.07, 6.45) is 2.07. The SMILES string of the molecule is CCNC(=NCc1cccc(CS(=O)(=O)NC)c1)N(C)Cc1ccc(SC)cc1.I. The molecule has 0 saturated heterocycles. The van der Waals surface area contributed by atoms with Gasteiger partial charge in [0, 0.05) is 25.0 Å². The third kappa shape index (κ3) is 8.83. The molecular weight excluding hydrogens is 531 g/mol. The van der Waals surface area contributed by atoms with Crippen LogP contribution < -0.4 is 10.0 Å². The fourth-order valence-corrected chi connectivity index (χ4v) is 4.00. The molecule has 166 valence electrons. The lowest BCUT2D eigenvalue weighted by Crippen LogP contribution is -2.38. The number of hydrogen-bond acceptors (Lipinski definition) is 4. The third-order valence-corrected chi connectivity index (χ3v) is 6.42. The average molecular weight is 563 g/mol. The zero-order chi connectivity index (χ0) is 21.3. The molecule has 2 N–H and O–H groups in total. The normalized spacial score (nSPS) is 11.7. The summed E-state index contributed by atoms with van der Waals surface area (Å²) in [5, 5.41) is 3.32. The molecule has 0 aliphatic carbocycles. The molecule has 6 nitrogen and oxygen atoms in total. The quantitative estimate of drug-likeness (QED) is 0.211. The monoisotopic (exact) mass is 562 g/mol. The van der Waals surface area contributed by atoms with Crippen molar-refractivity contribution < 1.29 is 8.42 Å². The molecule has 0 saturated carbocycles. The van der Waals surface area contributed by atoms with E-state index in [-0.39, 0.29) is 29.7 Å². The van der Waals surface area contributed by atoms with Gasteiger partial charge in [0.2, 0.25) is 10.0 Å². The van der Waals surface area contributed by atoms with Gasteiger partial charge in [0.1, 0.15) is 0 Å². The summed E-state index contributed by atoms with van der Waals surface area (Å²) in [6, 6.07) is 16.1. The molecule has 0 unspecified atom stereocenters. The highest BCUT2D eigenvalue weighted by Gasteiger charge is 2.10. The summed E-state index contributed by atoms with van der Waals surface area (Å²) in [5.74, 6) is 0.780. The molecule has 2 aromatic carbocycles. The van der Waals surface area contributed by atoms with Crippen molar-refractivity contribution in [2.75, 3.05) is 26.9 Å². The van der Waals surface area contributed by atoms with Gasteiger partial charge in [0.25, 0.3) is 0 Å². The number of benzene rings is 2. The zero-order valence-electron chi connectivity index (χ0n) is 17.9. The topological polar surface area (TPSA) is 73.8 Å². The van der Waals surface area contributed by atoms with Gasteiger partial charge in [-0.15, -0.1) is 35.7 Å². The van der Waals surface area contributed by atoms with Crippen molar-refractivity contribution in [3.63, 3.8) is 0 Å². The van der Waals surface area contributed by atoms with Crippen molar-refractivity contribution in [1.29, 1.82) is 0 Å². The number of sulfonamides is 1. The van der Waals surface area contributed by atoms with Crippen molar-refractivity contribution in [2.24, 2.45) is 4.99 Å². The molecule has 0 bridgehead atoms. The molecule has 2 aromatic rings. The Kier molecular flexibility index (Phi) is 11.7. The van der Waals surface area contributed by atoms with Crippen LogP contribution in [0.4, 0.5) is 0 Å². The predicted octanol–water partition coefficient (Wildman–Crippen LogP) is 3.67. The van der Waals surface area contributed by atoms with Crippen LogP contribution in [0.3, 0.4) is 0 Å². The minimum atomic E-state index is -3.29. The smallest absolute Gasteiger partial charge is 0.215 e. The van der Waals surface area contributed by atoms with E-state index >= 15 is 0 Å². The van der Waals surface area contributed by atoms with E-state index < -0.39 is 10.0 Å². The number of rotatable bonds is 9. The van der Waals surface area contributed by atoms with Crippen LogP contribution in [0.25, 0.3) is 0 Å². The van der Waals surface area contributed by atoms with Gasteiger partial charge in [-0.25, -0.2) is 18.1 Å². The van der Waals surface area contributed by atoms with Gasteiger partial charge in [-0.2, -0.15) is 0 Å². The number of halogens is 1. The zero-order valence-corrected chi connectivity index (χ0v) is 21.8. The van der Waals surface area contributed by atoms with Crippen LogP contribution in [0, 0.1) is 0 Å². The lowest BCUT2D eigenvalue weighted by atomic mass is 10.1. The number of aliphatic imine (C=N–C) groups is 1. The number of hydrogen-bond donors (Lipinski definition) is 2. The molecule has 2 rings (SSSR count). The van der Waals surface area contributed by atoms with Crippen molar-refractivity contribution in [3.05, 3.63) is 65.2 Å². The van der Waals surface area contributed by atoms with Crippen LogP contribution in [0.5, 0.6) is 0 Å². The van der Waals surface area contributed by atoms with Gasteiger partial charge in [-0.1, -0.05) is 36.4 Å². The molecule has 0 amide bonds. The number of thioether (sulfide) groups is 1. The van der Waals surface area contributed by atoms with Crippen LogP contribution in [0.2, 0.25) is 0 Å². The summed E-state index contributed by atoms with van der Waals surface area (Å²) in [6.45, 7) is 4.04. The molecule has 0 radical (unpaired) electrons. The van der Waals surface area contributed by atoms with E-state index in [9.17, 15) is 8.42 Å². The maximum atomic E-state index is 11.8. The van der Waals surface area contributed by atoms with Gasteiger partial charge >= 0.3 is 0 Å². The highest BCUT2D eigenvalue weighted by atomic mass is 127. The summed E-state index contributed by atoms with van der Waals surface area (Å²) >= 11 is 1.73. The number of guanidine groups is 1. The van der Waals surface area contributed by atoms with E-state index in [1.165, 1.54) is 17.5 Å². The summed E-state index contributed by atoms with van der Waals surface area (Å²) < 4.78 is 25.9. The molecule has 0 spiro atoms. The second kappa shape index (κ2) is 13.2. The molecule has 30 heavy (non-hydrogen) atoms. The van der Waals surface area contributed by atoms with Crippen molar-refractivity contribution >= 4 is 51.7 Å². The average Bonchev–Trinajstić information content (AvgIpc) is 2.71. The maximum Gasteiger partial charge on any atom is 0.215 e.